The first-order valence-corrected chi connectivity index (χ1v) is 5.42. The first kappa shape index (κ1) is 12.1. The minimum absolute atomic E-state index is 0.319. The first-order chi connectivity index (χ1) is 8.76. The van der Waals surface area contributed by atoms with Crippen molar-refractivity contribution in [2.75, 3.05) is 7.11 Å². The molecular weight excluding hydrogens is 230 g/mol. The Bertz CT molecular complexity index is 584. The van der Waals surface area contributed by atoms with Gasteiger partial charge in [0.15, 0.2) is 5.82 Å². The second-order valence-electron chi connectivity index (χ2n) is 3.71. The predicted octanol–water partition coefficient (Wildman–Crippen LogP) is 0.665. The van der Waals surface area contributed by atoms with E-state index in [1.807, 2.05) is 6.07 Å². The highest BCUT2D eigenvalue weighted by Gasteiger charge is 2.05. The van der Waals surface area contributed by atoms with E-state index in [4.69, 9.17) is 15.7 Å². The molecule has 18 heavy (non-hydrogen) atoms. The van der Waals surface area contributed by atoms with Crippen LogP contribution >= 0.6 is 0 Å². The minimum Gasteiger partial charge on any atom is -0.495 e. The van der Waals surface area contributed by atoms with E-state index in [1.54, 1.807) is 30.3 Å². The molecule has 0 atom stereocenters. The molecule has 0 spiro atoms. The third-order valence-electron chi connectivity index (χ3n) is 2.50. The third-order valence-corrected chi connectivity index (χ3v) is 2.50. The van der Waals surface area contributed by atoms with E-state index in [1.165, 1.54) is 0 Å². The Morgan fingerprint density at radius 3 is 2.94 bits per heavy atom. The molecule has 0 fully saturated rings. The number of nitrogens with two attached hydrogens (primary N) is 1. The molecule has 0 aliphatic rings. The molecular formula is C12H13N5O. The molecule has 0 aliphatic heterocycles. The molecule has 92 valence electrons. The first-order valence-electron chi connectivity index (χ1n) is 5.42. The second-order valence-corrected chi connectivity index (χ2v) is 3.71. The highest BCUT2D eigenvalue weighted by atomic mass is 16.5. The number of nitriles is 1. The lowest BCUT2D eigenvalue weighted by Gasteiger charge is -2.05. The molecule has 0 amide bonds. The Hall–Kier alpha value is -2.39. The Balaban J connectivity index is 2.22. The maximum absolute atomic E-state index is 9.00. The number of nitrogens with zero attached hydrogens (tertiary/aromatic N) is 4. The van der Waals surface area contributed by atoms with Crippen molar-refractivity contribution < 1.29 is 4.74 Å². The molecule has 2 rings (SSSR count). The van der Waals surface area contributed by atoms with Gasteiger partial charge in [0.1, 0.15) is 18.1 Å². The number of aromatic nitrogens is 3. The molecule has 2 aromatic rings. The summed E-state index contributed by atoms with van der Waals surface area (Å²) in [5.74, 6) is 1.17. The maximum atomic E-state index is 9.00. The van der Waals surface area contributed by atoms with Gasteiger partial charge < -0.3 is 10.5 Å². The van der Waals surface area contributed by atoms with E-state index >= 15 is 0 Å². The molecule has 1 aromatic carbocycles. The molecule has 6 heteroatoms. The zero-order valence-electron chi connectivity index (χ0n) is 10.00. The van der Waals surface area contributed by atoms with E-state index in [2.05, 4.69) is 16.2 Å². The Morgan fingerprint density at radius 1 is 1.50 bits per heavy atom. The van der Waals surface area contributed by atoms with Crippen LogP contribution < -0.4 is 10.5 Å². The Labute approximate surface area is 105 Å². The van der Waals surface area contributed by atoms with E-state index < -0.39 is 0 Å². The van der Waals surface area contributed by atoms with Crippen LogP contribution in [0, 0.1) is 11.3 Å². The number of benzene rings is 1. The Kier molecular flexibility index (Phi) is 3.55. The summed E-state index contributed by atoms with van der Waals surface area (Å²) in [6, 6.07) is 7.54. The highest BCUT2D eigenvalue weighted by Crippen LogP contribution is 2.19. The average molecular weight is 243 g/mol. The van der Waals surface area contributed by atoms with Gasteiger partial charge in [-0.15, -0.1) is 0 Å². The van der Waals surface area contributed by atoms with Crippen LogP contribution in [0.25, 0.3) is 0 Å². The van der Waals surface area contributed by atoms with Crippen molar-refractivity contribution in [2.24, 2.45) is 5.73 Å². The van der Waals surface area contributed by atoms with Crippen LogP contribution in [0.1, 0.15) is 17.0 Å². The third kappa shape index (κ3) is 2.47. The summed E-state index contributed by atoms with van der Waals surface area (Å²) >= 11 is 0. The molecule has 1 aromatic heterocycles. The average Bonchev–Trinajstić information content (AvgIpc) is 2.86. The van der Waals surface area contributed by atoms with Crippen LogP contribution in [0.15, 0.2) is 24.5 Å². The van der Waals surface area contributed by atoms with Crippen LogP contribution in [0.5, 0.6) is 5.75 Å². The van der Waals surface area contributed by atoms with Crippen molar-refractivity contribution in [3.63, 3.8) is 0 Å². The molecule has 1 heterocycles. The van der Waals surface area contributed by atoms with Gasteiger partial charge in [-0.25, -0.2) is 9.67 Å². The molecule has 0 saturated carbocycles. The second kappa shape index (κ2) is 5.29. The summed E-state index contributed by atoms with van der Waals surface area (Å²) in [5, 5.41) is 13.2. The predicted molar refractivity (Wildman–Crippen MR) is 64.7 cm³/mol. The summed E-state index contributed by atoms with van der Waals surface area (Å²) in [4.78, 5) is 4.04. The van der Waals surface area contributed by atoms with E-state index in [-0.39, 0.29) is 0 Å². The van der Waals surface area contributed by atoms with Crippen LogP contribution in [0.3, 0.4) is 0 Å². The van der Waals surface area contributed by atoms with Crippen LogP contribution in [-0.2, 0) is 13.1 Å². The quantitative estimate of drug-likeness (QED) is 0.852. The van der Waals surface area contributed by atoms with Crippen molar-refractivity contribution in [3.8, 4) is 11.8 Å². The van der Waals surface area contributed by atoms with Gasteiger partial charge in [-0.1, -0.05) is 6.07 Å². The largest absolute Gasteiger partial charge is 0.495 e. The normalized spacial score (nSPS) is 10.1. The molecule has 6 nitrogen and oxygen atoms in total. The van der Waals surface area contributed by atoms with Crippen molar-refractivity contribution >= 4 is 0 Å². The SMILES string of the molecule is COc1ccc(Cn2cnc(CN)n2)cc1C#N. The number of hydrogen-bond acceptors (Lipinski definition) is 5. The number of rotatable bonds is 4. The minimum atomic E-state index is 0.319. The van der Waals surface area contributed by atoms with Crippen molar-refractivity contribution in [2.45, 2.75) is 13.1 Å². The highest BCUT2D eigenvalue weighted by molar-refractivity contribution is 5.45. The smallest absolute Gasteiger partial charge is 0.164 e. The van der Waals surface area contributed by atoms with Crippen molar-refractivity contribution in [3.05, 3.63) is 41.5 Å². The number of methoxy groups -OCH3 is 1. The van der Waals surface area contributed by atoms with Gasteiger partial charge >= 0.3 is 0 Å². The fourth-order valence-electron chi connectivity index (χ4n) is 1.63. The summed E-state index contributed by atoms with van der Waals surface area (Å²) in [7, 11) is 1.54. The molecule has 0 radical (unpaired) electrons. The molecule has 2 N–H and O–H groups in total. The van der Waals surface area contributed by atoms with Crippen LogP contribution in [-0.4, -0.2) is 21.9 Å². The fourth-order valence-corrected chi connectivity index (χ4v) is 1.63. The number of ether oxygens (including phenoxy) is 1. The van der Waals surface area contributed by atoms with Crippen molar-refractivity contribution in [1.29, 1.82) is 5.26 Å². The van der Waals surface area contributed by atoms with E-state index in [0.717, 1.165) is 5.56 Å². The molecule has 0 aliphatic carbocycles. The molecule has 0 unspecified atom stereocenters. The fraction of sp³-hybridized carbons (Fsp3) is 0.250. The van der Waals surface area contributed by atoms with Crippen molar-refractivity contribution in [1.82, 2.24) is 14.8 Å². The topological polar surface area (TPSA) is 89.8 Å². The maximum Gasteiger partial charge on any atom is 0.164 e. The van der Waals surface area contributed by atoms with E-state index in [0.29, 0.717) is 30.2 Å². The Morgan fingerprint density at radius 2 is 2.33 bits per heavy atom. The van der Waals surface area contributed by atoms with Crippen LogP contribution in [0.2, 0.25) is 0 Å². The zero-order chi connectivity index (χ0) is 13.0. The van der Waals surface area contributed by atoms with Gasteiger partial charge in [-0.3, -0.25) is 0 Å². The summed E-state index contributed by atoms with van der Waals surface area (Å²) < 4.78 is 6.77. The molecule has 0 bridgehead atoms. The van der Waals surface area contributed by atoms with Gasteiger partial charge in [0.25, 0.3) is 0 Å². The summed E-state index contributed by atoms with van der Waals surface area (Å²) in [5.41, 5.74) is 6.91. The number of hydrogen-bond donors (Lipinski definition) is 1. The van der Waals surface area contributed by atoms with Crippen LogP contribution in [0.4, 0.5) is 0 Å². The van der Waals surface area contributed by atoms with Gasteiger partial charge in [0.05, 0.1) is 25.8 Å². The standard InChI is InChI=1S/C12H13N5O/c1-18-11-3-2-9(4-10(11)5-13)7-17-8-15-12(6-14)16-17/h2-4,8H,6-7,14H2,1H3. The van der Waals surface area contributed by atoms with Gasteiger partial charge in [-0.2, -0.15) is 10.4 Å². The van der Waals surface area contributed by atoms with Gasteiger partial charge in [0.2, 0.25) is 0 Å². The van der Waals surface area contributed by atoms with Gasteiger partial charge in [-0.05, 0) is 17.7 Å². The summed E-state index contributed by atoms with van der Waals surface area (Å²) in [6.45, 7) is 0.866. The lowest BCUT2D eigenvalue weighted by Crippen LogP contribution is -2.04. The lowest BCUT2D eigenvalue weighted by atomic mass is 10.1. The lowest BCUT2D eigenvalue weighted by molar-refractivity contribution is 0.413. The summed E-state index contributed by atoms with van der Waals surface area (Å²) in [6.07, 6.45) is 1.62. The molecule has 0 saturated heterocycles. The van der Waals surface area contributed by atoms with E-state index in [9.17, 15) is 0 Å². The zero-order valence-corrected chi connectivity index (χ0v) is 10.00. The van der Waals surface area contributed by atoms with Gasteiger partial charge in [0, 0.05) is 0 Å². The monoisotopic (exact) mass is 243 g/mol.